The monoisotopic (exact) mass is 273 g/mol. The van der Waals surface area contributed by atoms with Crippen LogP contribution in [-0.4, -0.2) is 15.1 Å². The molecule has 6 heteroatoms. The third-order valence-electron chi connectivity index (χ3n) is 2.30. The van der Waals surface area contributed by atoms with E-state index in [2.05, 4.69) is 26.1 Å². The molecule has 0 amide bonds. The highest BCUT2D eigenvalue weighted by Crippen LogP contribution is 2.05. The summed E-state index contributed by atoms with van der Waals surface area (Å²) in [6, 6.07) is 11.6. The number of para-hydroxylation sites is 1. The first-order chi connectivity index (χ1) is 9.13. The van der Waals surface area contributed by atoms with E-state index >= 15 is 0 Å². The molecule has 0 spiro atoms. The van der Waals surface area contributed by atoms with Crippen LogP contribution >= 0.6 is 12.2 Å². The first kappa shape index (κ1) is 13.2. The van der Waals surface area contributed by atoms with Crippen LogP contribution in [0.25, 0.3) is 0 Å². The van der Waals surface area contributed by atoms with Gasteiger partial charge < -0.3 is 5.32 Å². The molecule has 98 valence electrons. The van der Waals surface area contributed by atoms with Gasteiger partial charge in [0.2, 0.25) is 5.95 Å². The number of hydrazine groups is 1. The van der Waals surface area contributed by atoms with Gasteiger partial charge in [-0.05, 0) is 44.3 Å². The molecule has 0 aliphatic rings. The topological polar surface area (TPSA) is 61.9 Å². The molecule has 1 aromatic heterocycles. The van der Waals surface area contributed by atoms with E-state index in [0.29, 0.717) is 11.1 Å². The van der Waals surface area contributed by atoms with Crippen molar-refractivity contribution in [1.29, 1.82) is 0 Å². The van der Waals surface area contributed by atoms with E-state index < -0.39 is 0 Å². The van der Waals surface area contributed by atoms with Gasteiger partial charge in [0.15, 0.2) is 5.11 Å². The van der Waals surface area contributed by atoms with Gasteiger partial charge in [-0.1, -0.05) is 18.2 Å². The summed E-state index contributed by atoms with van der Waals surface area (Å²) >= 11 is 5.16. The summed E-state index contributed by atoms with van der Waals surface area (Å²) in [6.45, 7) is 3.83. The number of aryl methyl sites for hydroxylation is 2. The fourth-order valence-electron chi connectivity index (χ4n) is 1.58. The Morgan fingerprint density at radius 1 is 1.05 bits per heavy atom. The summed E-state index contributed by atoms with van der Waals surface area (Å²) in [5.74, 6) is 0.495. The van der Waals surface area contributed by atoms with E-state index in [1.165, 1.54) is 0 Å². The maximum atomic E-state index is 5.16. The van der Waals surface area contributed by atoms with Crippen LogP contribution in [0.4, 0.5) is 11.6 Å². The molecular weight excluding hydrogens is 258 g/mol. The molecule has 5 nitrogen and oxygen atoms in total. The lowest BCUT2D eigenvalue weighted by Gasteiger charge is -2.11. The van der Waals surface area contributed by atoms with E-state index in [4.69, 9.17) is 12.2 Å². The lowest BCUT2D eigenvalue weighted by atomic mass is 10.3. The van der Waals surface area contributed by atoms with Crippen molar-refractivity contribution in [2.24, 2.45) is 0 Å². The van der Waals surface area contributed by atoms with Crippen LogP contribution in [0.3, 0.4) is 0 Å². The molecule has 0 saturated heterocycles. The van der Waals surface area contributed by atoms with Crippen molar-refractivity contribution in [3.05, 3.63) is 47.8 Å². The molecule has 0 aliphatic carbocycles. The van der Waals surface area contributed by atoms with E-state index in [1.54, 1.807) is 0 Å². The summed E-state index contributed by atoms with van der Waals surface area (Å²) in [5, 5.41) is 3.50. The Balaban J connectivity index is 1.90. The third kappa shape index (κ3) is 4.18. The maximum absolute atomic E-state index is 5.16. The second-order valence-corrected chi connectivity index (χ2v) is 4.45. The van der Waals surface area contributed by atoms with Crippen LogP contribution in [0.1, 0.15) is 11.4 Å². The van der Waals surface area contributed by atoms with Gasteiger partial charge in [0, 0.05) is 17.1 Å². The maximum Gasteiger partial charge on any atom is 0.242 e. The van der Waals surface area contributed by atoms with Crippen molar-refractivity contribution >= 4 is 29.0 Å². The van der Waals surface area contributed by atoms with Crippen LogP contribution in [0.15, 0.2) is 36.4 Å². The van der Waals surface area contributed by atoms with Crippen molar-refractivity contribution in [1.82, 2.24) is 15.4 Å². The van der Waals surface area contributed by atoms with Crippen molar-refractivity contribution in [2.75, 3.05) is 10.7 Å². The largest absolute Gasteiger partial charge is 0.331 e. The van der Waals surface area contributed by atoms with Gasteiger partial charge in [-0.3, -0.25) is 10.9 Å². The zero-order valence-corrected chi connectivity index (χ0v) is 11.6. The highest BCUT2D eigenvalue weighted by atomic mass is 32.1. The minimum absolute atomic E-state index is 0.453. The summed E-state index contributed by atoms with van der Waals surface area (Å²) in [4.78, 5) is 8.48. The van der Waals surface area contributed by atoms with E-state index in [-0.39, 0.29) is 0 Å². The summed E-state index contributed by atoms with van der Waals surface area (Å²) in [5.41, 5.74) is 8.44. The smallest absolute Gasteiger partial charge is 0.242 e. The molecular formula is C13H15N5S. The second-order valence-electron chi connectivity index (χ2n) is 4.04. The number of hydrogen-bond donors (Lipinski definition) is 3. The van der Waals surface area contributed by atoms with Crippen molar-refractivity contribution in [3.63, 3.8) is 0 Å². The van der Waals surface area contributed by atoms with E-state index in [9.17, 15) is 0 Å². The minimum atomic E-state index is 0.453. The van der Waals surface area contributed by atoms with Gasteiger partial charge >= 0.3 is 0 Å². The van der Waals surface area contributed by atoms with E-state index in [1.807, 2.05) is 50.2 Å². The molecule has 0 aliphatic heterocycles. The van der Waals surface area contributed by atoms with Crippen LogP contribution in [0.5, 0.6) is 0 Å². The van der Waals surface area contributed by atoms with Gasteiger partial charge in [0.25, 0.3) is 0 Å². The molecule has 3 N–H and O–H groups in total. The molecule has 0 atom stereocenters. The zero-order chi connectivity index (χ0) is 13.7. The highest BCUT2D eigenvalue weighted by molar-refractivity contribution is 7.80. The molecule has 0 bridgehead atoms. The fourth-order valence-corrected chi connectivity index (χ4v) is 1.75. The molecule has 0 unspecified atom stereocenters. The van der Waals surface area contributed by atoms with Crippen LogP contribution in [-0.2, 0) is 0 Å². The molecule has 0 radical (unpaired) electrons. The third-order valence-corrected chi connectivity index (χ3v) is 2.51. The SMILES string of the molecule is Cc1cc(C)nc(NNC(=S)Nc2ccccc2)n1. The molecule has 1 heterocycles. The fraction of sp³-hybridized carbons (Fsp3) is 0.154. The molecule has 2 aromatic rings. The first-order valence-electron chi connectivity index (χ1n) is 5.84. The zero-order valence-electron chi connectivity index (χ0n) is 10.8. The lowest BCUT2D eigenvalue weighted by Crippen LogP contribution is -2.34. The van der Waals surface area contributed by atoms with Gasteiger partial charge in [0.05, 0.1) is 0 Å². The van der Waals surface area contributed by atoms with E-state index in [0.717, 1.165) is 17.1 Å². The average molecular weight is 273 g/mol. The van der Waals surface area contributed by atoms with Gasteiger partial charge in [-0.25, -0.2) is 9.97 Å². The number of nitrogens with one attached hydrogen (secondary N) is 3. The predicted octanol–water partition coefficient (Wildman–Crippen LogP) is 2.41. The lowest BCUT2D eigenvalue weighted by molar-refractivity contribution is 0.991. The summed E-state index contributed by atoms with van der Waals surface area (Å²) < 4.78 is 0. The van der Waals surface area contributed by atoms with Crippen LogP contribution in [0.2, 0.25) is 0 Å². The number of thiocarbonyl (C=S) groups is 1. The normalized spacial score (nSPS) is 9.79. The van der Waals surface area contributed by atoms with Crippen LogP contribution < -0.4 is 16.2 Å². The van der Waals surface area contributed by atoms with Crippen LogP contribution in [0, 0.1) is 13.8 Å². The molecule has 0 saturated carbocycles. The molecule has 2 rings (SSSR count). The number of anilines is 2. The quantitative estimate of drug-likeness (QED) is 0.589. The Hall–Kier alpha value is -2.21. The molecule has 0 fully saturated rings. The van der Waals surface area contributed by atoms with Crippen molar-refractivity contribution < 1.29 is 0 Å². The Morgan fingerprint density at radius 2 is 1.68 bits per heavy atom. The number of nitrogens with zero attached hydrogens (tertiary/aromatic N) is 2. The molecule has 19 heavy (non-hydrogen) atoms. The second kappa shape index (κ2) is 6.10. The number of hydrogen-bond acceptors (Lipinski definition) is 4. The first-order valence-corrected chi connectivity index (χ1v) is 6.24. The standard InChI is InChI=1S/C13H15N5S/c1-9-8-10(2)15-12(14-9)17-18-13(19)16-11-6-4-3-5-7-11/h3-8H,1-2H3,(H,14,15,17)(H2,16,18,19). The average Bonchev–Trinajstić information content (AvgIpc) is 2.36. The highest BCUT2D eigenvalue weighted by Gasteiger charge is 2.00. The number of benzene rings is 1. The summed E-state index contributed by atoms with van der Waals surface area (Å²) in [7, 11) is 0. The van der Waals surface area contributed by atoms with Gasteiger partial charge in [-0.15, -0.1) is 0 Å². The number of aromatic nitrogens is 2. The Kier molecular flexibility index (Phi) is 4.25. The minimum Gasteiger partial charge on any atom is -0.331 e. The predicted molar refractivity (Wildman–Crippen MR) is 80.9 cm³/mol. The molecule has 1 aromatic carbocycles. The van der Waals surface area contributed by atoms with Crippen molar-refractivity contribution in [3.8, 4) is 0 Å². The summed E-state index contributed by atoms with van der Waals surface area (Å²) in [6.07, 6.45) is 0. The number of rotatable bonds is 3. The Bertz CT molecular complexity index is 550. The Morgan fingerprint density at radius 3 is 2.32 bits per heavy atom. The van der Waals surface area contributed by atoms with Gasteiger partial charge in [0.1, 0.15) is 0 Å². The Labute approximate surface area is 117 Å². The van der Waals surface area contributed by atoms with Crippen molar-refractivity contribution in [2.45, 2.75) is 13.8 Å². The van der Waals surface area contributed by atoms with Gasteiger partial charge in [-0.2, -0.15) is 0 Å².